The van der Waals surface area contributed by atoms with Gasteiger partial charge < -0.3 is 0 Å². The molecule has 0 fully saturated rings. The first-order valence-corrected chi connectivity index (χ1v) is 6.20. The van der Waals surface area contributed by atoms with E-state index in [1.54, 1.807) is 6.07 Å². The van der Waals surface area contributed by atoms with Crippen molar-refractivity contribution in [2.24, 2.45) is 0 Å². The lowest BCUT2D eigenvalue weighted by atomic mass is 10.1. The molecular formula is C11H15N5OS. The molecule has 7 heteroatoms. The molecule has 6 nitrogen and oxygen atoms in total. The summed E-state index contributed by atoms with van der Waals surface area (Å²) >= 11 is 4.90. The molecule has 2 heterocycles. The van der Waals surface area contributed by atoms with Crippen LogP contribution in [0, 0.1) is 4.77 Å². The van der Waals surface area contributed by atoms with Crippen LogP contribution in [0.25, 0.3) is 11.4 Å². The highest BCUT2D eigenvalue weighted by molar-refractivity contribution is 7.71. The molecule has 0 aliphatic heterocycles. The van der Waals surface area contributed by atoms with Gasteiger partial charge >= 0.3 is 0 Å². The third-order valence-corrected chi connectivity index (χ3v) is 2.83. The Balaban J connectivity index is 2.69. The predicted octanol–water partition coefficient (Wildman–Crippen LogP) is 1.83. The Bertz CT molecular complexity index is 667. The van der Waals surface area contributed by atoms with E-state index >= 15 is 0 Å². The standard InChI is InChI=1S/C11H15N5OS/c1-4-16-10(17)7(5-8(15-16)6(2)3)9-12-11(18)14-13-9/h5-6H,4H2,1-3H3,(H2,12,13,14,18). The van der Waals surface area contributed by atoms with Gasteiger partial charge in [0.15, 0.2) is 5.82 Å². The second-order valence-electron chi connectivity index (χ2n) is 4.27. The Kier molecular flexibility index (Phi) is 3.42. The fourth-order valence-corrected chi connectivity index (χ4v) is 1.77. The molecule has 2 aromatic rings. The molecule has 0 spiro atoms. The summed E-state index contributed by atoms with van der Waals surface area (Å²) in [7, 11) is 0. The highest BCUT2D eigenvalue weighted by Crippen LogP contribution is 2.15. The van der Waals surface area contributed by atoms with E-state index in [0.717, 1.165) is 5.69 Å². The van der Waals surface area contributed by atoms with Crippen molar-refractivity contribution in [1.82, 2.24) is 25.0 Å². The Morgan fingerprint density at radius 3 is 2.67 bits per heavy atom. The Hall–Kier alpha value is -1.76. The van der Waals surface area contributed by atoms with Gasteiger partial charge in [0, 0.05) is 6.54 Å². The van der Waals surface area contributed by atoms with Gasteiger partial charge in [0.1, 0.15) is 0 Å². The van der Waals surface area contributed by atoms with E-state index in [2.05, 4.69) is 20.3 Å². The number of hydrogen-bond acceptors (Lipinski definition) is 4. The average Bonchev–Trinajstić information content (AvgIpc) is 2.75. The molecule has 0 bridgehead atoms. The topological polar surface area (TPSA) is 79.4 Å². The van der Waals surface area contributed by atoms with Gasteiger partial charge in [-0.15, -0.1) is 0 Å². The first-order chi connectivity index (χ1) is 8.52. The number of aromatic nitrogens is 5. The fourth-order valence-electron chi connectivity index (χ4n) is 1.63. The smallest absolute Gasteiger partial charge is 0.277 e. The van der Waals surface area contributed by atoms with Crippen molar-refractivity contribution in [2.45, 2.75) is 33.2 Å². The van der Waals surface area contributed by atoms with Crippen LogP contribution in [0.15, 0.2) is 10.9 Å². The molecule has 0 aliphatic carbocycles. The largest absolute Gasteiger partial charge is 0.281 e. The highest BCUT2D eigenvalue weighted by atomic mass is 32.1. The second-order valence-corrected chi connectivity index (χ2v) is 4.66. The number of H-pyrrole nitrogens is 2. The monoisotopic (exact) mass is 265 g/mol. The van der Waals surface area contributed by atoms with Crippen LogP contribution < -0.4 is 5.56 Å². The highest BCUT2D eigenvalue weighted by Gasteiger charge is 2.13. The summed E-state index contributed by atoms with van der Waals surface area (Å²) in [5.41, 5.74) is 1.18. The quantitative estimate of drug-likeness (QED) is 0.830. The van der Waals surface area contributed by atoms with Crippen molar-refractivity contribution in [1.29, 1.82) is 0 Å². The van der Waals surface area contributed by atoms with Gasteiger partial charge in [0.05, 0.1) is 11.3 Å². The third kappa shape index (κ3) is 2.26. The molecule has 0 radical (unpaired) electrons. The summed E-state index contributed by atoms with van der Waals surface area (Å²) in [4.78, 5) is 16.3. The third-order valence-electron chi connectivity index (χ3n) is 2.64. The van der Waals surface area contributed by atoms with Gasteiger partial charge in [-0.1, -0.05) is 13.8 Å². The van der Waals surface area contributed by atoms with Gasteiger partial charge in [-0.25, -0.2) is 4.68 Å². The van der Waals surface area contributed by atoms with E-state index in [1.807, 2.05) is 20.8 Å². The lowest BCUT2D eigenvalue weighted by molar-refractivity contribution is 0.587. The van der Waals surface area contributed by atoms with Gasteiger partial charge in [-0.3, -0.25) is 15.0 Å². The minimum Gasteiger partial charge on any atom is -0.281 e. The molecule has 96 valence electrons. The number of aromatic amines is 2. The van der Waals surface area contributed by atoms with E-state index in [4.69, 9.17) is 12.2 Å². The maximum absolute atomic E-state index is 12.2. The number of aryl methyl sites for hydroxylation is 1. The number of nitrogens with one attached hydrogen (secondary N) is 2. The first-order valence-electron chi connectivity index (χ1n) is 5.80. The zero-order valence-corrected chi connectivity index (χ0v) is 11.3. The minimum absolute atomic E-state index is 0.167. The van der Waals surface area contributed by atoms with Crippen molar-refractivity contribution in [3.8, 4) is 11.4 Å². The maximum Gasteiger partial charge on any atom is 0.277 e. The summed E-state index contributed by atoms with van der Waals surface area (Å²) in [5.74, 6) is 0.695. The molecule has 18 heavy (non-hydrogen) atoms. The molecule has 2 aromatic heterocycles. The summed E-state index contributed by atoms with van der Waals surface area (Å²) in [6, 6.07) is 1.76. The molecular weight excluding hydrogens is 250 g/mol. The van der Waals surface area contributed by atoms with Crippen LogP contribution in [0.5, 0.6) is 0 Å². The summed E-state index contributed by atoms with van der Waals surface area (Å²) in [6.45, 7) is 6.47. The SMILES string of the molecule is CCn1nc(C(C)C)cc(-c2nc(=S)[nH][nH]2)c1=O. The van der Waals surface area contributed by atoms with Crippen molar-refractivity contribution in [2.75, 3.05) is 0 Å². The molecule has 0 saturated carbocycles. The Morgan fingerprint density at radius 2 is 2.17 bits per heavy atom. The van der Waals surface area contributed by atoms with Crippen LogP contribution in [0.1, 0.15) is 32.4 Å². The molecule has 0 unspecified atom stereocenters. The maximum atomic E-state index is 12.2. The van der Waals surface area contributed by atoms with Crippen molar-refractivity contribution < 1.29 is 0 Å². The molecule has 2 N–H and O–H groups in total. The molecule has 2 rings (SSSR count). The van der Waals surface area contributed by atoms with Crippen LogP contribution in [0.3, 0.4) is 0 Å². The lowest BCUT2D eigenvalue weighted by Crippen LogP contribution is -2.25. The fraction of sp³-hybridized carbons (Fsp3) is 0.455. The average molecular weight is 265 g/mol. The van der Waals surface area contributed by atoms with E-state index in [9.17, 15) is 4.79 Å². The lowest BCUT2D eigenvalue weighted by Gasteiger charge is -2.09. The zero-order chi connectivity index (χ0) is 13.3. The van der Waals surface area contributed by atoms with Crippen LogP contribution in [0.2, 0.25) is 0 Å². The van der Waals surface area contributed by atoms with Crippen LogP contribution in [0.4, 0.5) is 0 Å². The number of nitrogens with zero attached hydrogens (tertiary/aromatic N) is 3. The normalized spacial score (nSPS) is 11.1. The van der Waals surface area contributed by atoms with Crippen LogP contribution >= 0.6 is 12.2 Å². The molecule has 0 aliphatic rings. The summed E-state index contributed by atoms with van der Waals surface area (Å²) in [5, 5.41) is 9.80. The molecule has 0 atom stereocenters. The van der Waals surface area contributed by atoms with E-state index in [-0.39, 0.29) is 11.5 Å². The van der Waals surface area contributed by atoms with E-state index < -0.39 is 0 Å². The first kappa shape index (κ1) is 12.7. The summed E-state index contributed by atoms with van der Waals surface area (Å²) in [6.07, 6.45) is 0. The zero-order valence-electron chi connectivity index (χ0n) is 10.5. The van der Waals surface area contributed by atoms with Gasteiger partial charge in [0.25, 0.3) is 5.56 Å². The van der Waals surface area contributed by atoms with Gasteiger partial charge in [-0.05, 0) is 31.1 Å². The predicted molar refractivity (Wildman–Crippen MR) is 71.0 cm³/mol. The molecule has 0 saturated heterocycles. The van der Waals surface area contributed by atoms with Crippen molar-refractivity contribution >= 4 is 12.2 Å². The van der Waals surface area contributed by atoms with Crippen LogP contribution in [-0.4, -0.2) is 25.0 Å². The Morgan fingerprint density at radius 1 is 1.44 bits per heavy atom. The van der Waals surface area contributed by atoms with Crippen molar-refractivity contribution in [3.63, 3.8) is 0 Å². The van der Waals surface area contributed by atoms with Gasteiger partial charge in [-0.2, -0.15) is 10.1 Å². The minimum atomic E-state index is -0.167. The van der Waals surface area contributed by atoms with Crippen LogP contribution in [-0.2, 0) is 6.54 Å². The Labute approximate surface area is 109 Å². The number of rotatable bonds is 3. The van der Waals surface area contributed by atoms with E-state index in [1.165, 1.54) is 4.68 Å². The van der Waals surface area contributed by atoms with Gasteiger partial charge in [0.2, 0.25) is 4.77 Å². The molecule has 0 aromatic carbocycles. The summed E-state index contributed by atoms with van der Waals surface area (Å²) < 4.78 is 1.77. The molecule has 0 amide bonds. The van der Waals surface area contributed by atoms with E-state index in [0.29, 0.717) is 22.7 Å². The van der Waals surface area contributed by atoms with Crippen molar-refractivity contribution in [3.05, 3.63) is 26.9 Å². The number of hydrogen-bond donors (Lipinski definition) is 2. The second kappa shape index (κ2) is 4.85.